The van der Waals surface area contributed by atoms with Crippen LogP contribution >= 0.6 is 0 Å². The Morgan fingerprint density at radius 1 is 1.38 bits per heavy atom. The Morgan fingerprint density at radius 3 is 2.62 bits per heavy atom. The summed E-state index contributed by atoms with van der Waals surface area (Å²) in [5.74, 6) is -0.349. The van der Waals surface area contributed by atoms with Crippen LogP contribution in [0.25, 0.3) is 0 Å². The molecule has 114 valence electrons. The summed E-state index contributed by atoms with van der Waals surface area (Å²) < 4.78 is 10.5. The van der Waals surface area contributed by atoms with Crippen LogP contribution in [0.3, 0.4) is 0 Å². The molecule has 2 atom stereocenters. The predicted octanol–water partition coefficient (Wildman–Crippen LogP) is 3.10. The molecule has 4 nitrogen and oxygen atoms in total. The zero-order valence-corrected chi connectivity index (χ0v) is 12.8. The van der Waals surface area contributed by atoms with Crippen LogP contribution in [-0.2, 0) is 25.7 Å². The molecule has 1 fully saturated rings. The molecule has 1 aromatic carbocycles. The van der Waals surface area contributed by atoms with Gasteiger partial charge in [-0.1, -0.05) is 44.2 Å². The fraction of sp³-hybridized carbons (Fsp3) is 0.529. The van der Waals surface area contributed by atoms with Crippen molar-refractivity contribution in [3.05, 3.63) is 35.9 Å². The van der Waals surface area contributed by atoms with E-state index in [1.54, 1.807) is 0 Å². The van der Waals surface area contributed by atoms with Gasteiger partial charge in [-0.15, -0.1) is 0 Å². The average molecular weight is 290 g/mol. The van der Waals surface area contributed by atoms with Crippen LogP contribution in [0.1, 0.15) is 39.2 Å². The predicted molar refractivity (Wildman–Crippen MR) is 78.3 cm³/mol. The van der Waals surface area contributed by atoms with Crippen molar-refractivity contribution in [2.45, 2.75) is 46.3 Å². The Morgan fingerprint density at radius 2 is 2.05 bits per heavy atom. The van der Waals surface area contributed by atoms with Crippen molar-refractivity contribution in [2.75, 3.05) is 0 Å². The van der Waals surface area contributed by atoms with Crippen molar-refractivity contribution >= 4 is 11.9 Å². The van der Waals surface area contributed by atoms with Crippen LogP contribution in [0.2, 0.25) is 0 Å². The van der Waals surface area contributed by atoms with Crippen LogP contribution in [-0.4, -0.2) is 18.0 Å². The zero-order chi connectivity index (χ0) is 15.5. The third-order valence-electron chi connectivity index (χ3n) is 4.30. The minimum Gasteiger partial charge on any atom is -0.461 e. The van der Waals surface area contributed by atoms with Crippen LogP contribution in [0, 0.1) is 11.3 Å². The molecule has 0 N–H and O–H groups in total. The van der Waals surface area contributed by atoms with Crippen molar-refractivity contribution in [1.82, 2.24) is 0 Å². The lowest BCUT2D eigenvalue weighted by atomic mass is 9.76. The van der Waals surface area contributed by atoms with Crippen molar-refractivity contribution in [3.63, 3.8) is 0 Å². The zero-order valence-electron chi connectivity index (χ0n) is 12.8. The van der Waals surface area contributed by atoms with E-state index in [9.17, 15) is 9.59 Å². The lowest BCUT2D eigenvalue weighted by molar-refractivity contribution is -0.153. The van der Waals surface area contributed by atoms with Crippen LogP contribution in [0.5, 0.6) is 0 Å². The lowest BCUT2D eigenvalue weighted by Crippen LogP contribution is -2.28. The van der Waals surface area contributed by atoms with Gasteiger partial charge in [-0.3, -0.25) is 9.59 Å². The molecule has 1 aliphatic heterocycles. The Balaban J connectivity index is 1.83. The number of hydrogen-bond acceptors (Lipinski definition) is 4. The Bertz CT molecular complexity index is 509. The van der Waals surface area contributed by atoms with Crippen molar-refractivity contribution < 1.29 is 19.1 Å². The summed E-state index contributed by atoms with van der Waals surface area (Å²) in [6.45, 7) is 6.14. The number of rotatable bonds is 5. The molecule has 1 aliphatic rings. The summed E-state index contributed by atoms with van der Waals surface area (Å²) in [6, 6.07) is 9.51. The average Bonchev–Trinajstić information content (AvgIpc) is 2.74. The van der Waals surface area contributed by atoms with E-state index >= 15 is 0 Å². The molecule has 0 saturated carbocycles. The molecule has 0 amide bonds. The van der Waals surface area contributed by atoms with E-state index in [1.807, 2.05) is 51.1 Å². The maximum absolute atomic E-state index is 11.9. The summed E-state index contributed by atoms with van der Waals surface area (Å²) in [4.78, 5) is 23.8. The molecule has 0 aliphatic carbocycles. The maximum Gasteiger partial charge on any atom is 0.312 e. The Hall–Kier alpha value is -1.84. The maximum atomic E-state index is 11.9. The molecule has 0 bridgehead atoms. The highest BCUT2D eigenvalue weighted by Gasteiger charge is 2.47. The second kappa shape index (κ2) is 6.29. The van der Waals surface area contributed by atoms with Gasteiger partial charge in [-0.2, -0.15) is 0 Å². The van der Waals surface area contributed by atoms with Crippen LogP contribution < -0.4 is 0 Å². The first-order chi connectivity index (χ1) is 9.91. The number of carbonyl (C=O) groups is 2. The van der Waals surface area contributed by atoms with Gasteiger partial charge in [0.25, 0.3) is 0 Å². The van der Waals surface area contributed by atoms with E-state index in [1.165, 1.54) is 0 Å². The van der Waals surface area contributed by atoms with Gasteiger partial charge in [0.1, 0.15) is 12.7 Å². The first kappa shape index (κ1) is 15.5. The highest BCUT2D eigenvalue weighted by atomic mass is 16.6. The second-order valence-corrected chi connectivity index (χ2v) is 6.15. The van der Waals surface area contributed by atoms with E-state index in [-0.39, 0.29) is 37.0 Å². The molecular weight excluding hydrogens is 268 g/mol. The normalized spacial score (nSPS) is 25.0. The van der Waals surface area contributed by atoms with Gasteiger partial charge in [0.15, 0.2) is 0 Å². The lowest BCUT2D eigenvalue weighted by Gasteiger charge is -2.23. The summed E-state index contributed by atoms with van der Waals surface area (Å²) >= 11 is 0. The van der Waals surface area contributed by atoms with Gasteiger partial charge in [-0.05, 0) is 18.4 Å². The fourth-order valence-corrected chi connectivity index (χ4v) is 2.45. The SMILES string of the molecule is CC(C)C1(C)CC(CC(=O)OCc2ccccc2)OC1=O. The molecular formula is C17H22O4. The summed E-state index contributed by atoms with van der Waals surface area (Å²) in [5, 5.41) is 0. The Kier molecular flexibility index (Phi) is 4.66. The molecule has 1 heterocycles. The molecule has 1 aromatic rings. The minimum absolute atomic E-state index is 0.126. The minimum atomic E-state index is -0.496. The van der Waals surface area contributed by atoms with Gasteiger partial charge in [0, 0.05) is 6.42 Å². The molecule has 0 radical (unpaired) electrons. The third-order valence-corrected chi connectivity index (χ3v) is 4.30. The van der Waals surface area contributed by atoms with Gasteiger partial charge < -0.3 is 9.47 Å². The molecule has 4 heteroatoms. The monoisotopic (exact) mass is 290 g/mol. The smallest absolute Gasteiger partial charge is 0.312 e. The first-order valence-electron chi connectivity index (χ1n) is 7.32. The number of cyclic esters (lactones) is 1. The summed E-state index contributed by atoms with van der Waals surface area (Å²) in [6.07, 6.45) is 0.332. The largest absolute Gasteiger partial charge is 0.461 e. The topological polar surface area (TPSA) is 52.6 Å². The van der Waals surface area contributed by atoms with E-state index in [0.717, 1.165) is 5.56 Å². The third kappa shape index (κ3) is 3.63. The molecule has 2 rings (SSSR count). The quantitative estimate of drug-likeness (QED) is 0.782. The van der Waals surface area contributed by atoms with Crippen molar-refractivity contribution in [1.29, 1.82) is 0 Å². The molecule has 1 saturated heterocycles. The first-order valence-corrected chi connectivity index (χ1v) is 7.32. The van der Waals surface area contributed by atoms with Crippen molar-refractivity contribution in [3.8, 4) is 0 Å². The highest BCUT2D eigenvalue weighted by Crippen LogP contribution is 2.41. The van der Waals surface area contributed by atoms with Gasteiger partial charge in [0.2, 0.25) is 0 Å². The summed E-state index contributed by atoms with van der Waals surface area (Å²) in [7, 11) is 0. The van der Waals surface area contributed by atoms with Gasteiger partial charge in [-0.25, -0.2) is 0 Å². The van der Waals surface area contributed by atoms with E-state index in [0.29, 0.717) is 6.42 Å². The number of benzene rings is 1. The summed E-state index contributed by atoms with van der Waals surface area (Å²) in [5.41, 5.74) is 0.450. The standard InChI is InChI=1S/C17H22O4/c1-12(2)17(3)10-14(21-16(17)19)9-15(18)20-11-13-7-5-4-6-8-13/h4-8,12,14H,9-11H2,1-3H3. The molecule has 2 unspecified atom stereocenters. The van der Waals surface area contributed by atoms with E-state index < -0.39 is 5.41 Å². The van der Waals surface area contributed by atoms with Crippen LogP contribution in [0.15, 0.2) is 30.3 Å². The number of carbonyl (C=O) groups excluding carboxylic acids is 2. The number of hydrogen-bond donors (Lipinski definition) is 0. The highest BCUT2D eigenvalue weighted by molar-refractivity contribution is 5.80. The molecule has 21 heavy (non-hydrogen) atoms. The second-order valence-electron chi connectivity index (χ2n) is 6.15. The molecule has 0 spiro atoms. The number of ether oxygens (including phenoxy) is 2. The van der Waals surface area contributed by atoms with Crippen LogP contribution in [0.4, 0.5) is 0 Å². The Labute approximate surface area is 125 Å². The number of esters is 2. The van der Waals surface area contributed by atoms with Gasteiger partial charge in [0.05, 0.1) is 11.8 Å². The molecule has 0 aromatic heterocycles. The van der Waals surface area contributed by atoms with E-state index in [4.69, 9.17) is 9.47 Å². The van der Waals surface area contributed by atoms with E-state index in [2.05, 4.69) is 0 Å². The van der Waals surface area contributed by atoms with Crippen molar-refractivity contribution in [2.24, 2.45) is 11.3 Å². The fourth-order valence-electron chi connectivity index (χ4n) is 2.45. The van der Waals surface area contributed by atoms with Gasteiger partial charge >= 0.3 is 11.9 Å².